The van der Waals surface area contributed by atoms with E-state index in [-0.39, 0.29) is 30.3 Å². The van der Waals surface area contributed by atoms with Crippen LogP contribution in [0, 0.1) is 0 Å². The first-order valence-corrected chi connectivity index (χ1v) is 13.0. The molecule has 1 aliphatic carbocycles. The number of anilines is 1. The largest absolute Gasteiger partial charge is 0.352 e. The molecule has 3 aromatic rings. The number of hydrogen-bond donors (Lipinski definition) is 1. The van der Waals surface area contributed by atoms with Crippen molar-refractivity contribution in [1.82, 2.24) is 10.2 Å². The van der Waals surface area contributed by atoms with E-state index in [0.717, 1.165) is 47.7 Å². The van der Waals surface area contributed by atoms with E-state index in [1.807, 2.05) is 73.7 Å². The molecule has 0 saturated heterocycles. The van der Waals surface area contributed by atoms with E-state index >= 15 is 0 Å². The number of nitrogens with zero attached hydrogens (tertiary/aromatic N) is 2. The summed E-state index contributed by atoms with van der Waals surface area (Å²) in [4.78, 5) is 43.7. The Kier molecular flexibility index (Phi) is 7.03. The maximum atomic E-state index is 13.8. The molecule has 0 unspecified atom stereocenters. The third-order valence-electron chi connectivity index (χ3n) is 7.51. The van der Waals surface area contributed by atoms with Gasteiger partial charge in [-0.3, -0.25) is 19.3 Å². The van der Waals surface area contributed by atoms with E-state index < -0.39 is 6.04 Å². The van der Waals surface area contributed by atoms with Crippen molar-refractivity contribution in [2.75, 3.05) is 18.0 Å². The molecule has 1 atom stereocenters. The maximum Gasteiger partial charge on any atom is 0.259 e. The Bertz CT molecular complexity index is 1260. The van der Waals surface area contributed by atoms with E-state index in [4.69, 9.17) is 0 Å². The van der Waals surface area contributed by atoms with Crippen molar-refractivity contribution < 1.29 is 14.4 Å². The van der Waals surface area contributed by atoms with Crippen LogP contribution in [0.2, 0.25) is 0 Å². The standard InChI is InChI=1S/C30H33N3O3/c1-2-25(29(35)31-23-14-6-7-15-23)32(19-18-21-10-4-3-5-11-21)27(34)20-33-26-17-9-13-22-12-8-16-24(28(22)26)30(33)36/h3-5,8-13,16-17,23,25H,2,6-7,14-15,18-20H2,1H3,(H,31,35)/t25-/m1/s1. The number of carbonyl (C=O) groups excluding carboxylic acids is 3. The second-order valence-corrected chi connectivity index (χ2v) is 9.81. The van der Waals surface area contributed by atoms with E-state index in [0.29, 0.717) is 24.9 Å². The van der Waals surface area contributed by atoms with Gasteiger partial charge in [-0.1, -0.05) is 74.4 Å². The predicted molar refractivity (Wildman–Crippen MR) is 142 cm³/mol. The molecule has 0 bridgehead atoms. The molecule has 186 valence electrons. The minimum Gasteiger partial charge on any atom is -0.352 e. The van der Waals surface area contributed by atoms with Crippen molar-refractivity contribution in [2.24, 2.45) is 0 Å². The molecule has 6 heteroatoms. The Morgan fingerprint density at radius 2 is 1.72 bits per heavy atom. The second kappa shape index (κ2) is 10.5. The van der Waals surface area contributed by atoms with Crippen LogP contribution < -0.4 is 10.2 Å². The molecule has 1 N–H and O–H groups in total. The fourth-order valence-electron chi connectivity index (χ4n) is 5.63. The Hall–Kier alpha value is -3.67. The third kappa shape index (κ3) is 4.72. The lowest BCUT2D eigenvalue weighted by Gasteiger charge is -2.33. The molecule has 3 aromatic carbocycles. The van der Waals surface area contributed by atoms with Gasteiger partial charge in [0.2, 0.25) is 11.8 Å². The molecule has 2 aliphatic rings. The maximum absolute atomic E-state index is 13.8. The number of carbonyl (C=O) groups is 3. The Morgan fingerprint density at radius 1 is 1.00 bits per heavy atom. The first-order valence-electron chi connectivity index (χ1n) is 13.0. The molecule has 0 radical (unpaired) electrons. The van der Waals surface area contributed by atoms with E-state index in [9.17, 15) is 14.4 Å². The third-order valence-corrected chi connectivity index (χ3v) is 7.51. The van der Waals surface area contributed by atoms with Crippen LogP contribution in [0.1, 0.15) is 54.9 Å². The van der Waals surface area contributed by atoms with Gasteiger partial charge in [0.1, 0.15) is 12.6 Å². The number of rotatable bonds is 9. The summed E-state index contributed by atoms with van der Waals surface area (Å²) < 4.78 is 0. The zero-order valence-electron chi connectivity index (χ0n) is 20.8. The number of amides is 3. The van der Waals surface area contributed by atoms with Gasteiger partial charge in [0, 0.05) is 23.5 Å². The highest BCUT2D eigenvalue weighted by molar-refractivity contribution is 6.26. The molecule has 1 fully saturated rings. The fraction of sp³-hybridized carbons (Fsp3) is 0.367. The van der Waals surface area contributed by atoms with Gasteiger partial charge in [0.05, 0.1) is 5.69 Å². The van der Waals surface area contributed by atoms with E-state index in [2.05, 4.69) is 5.32 Å². The molecule has 5 rings (SSSR count). The van der Waals surface area contributed by atoms with Crippen LogP contribution >= 0.6 is 0 Å². The minimum atomic E-state index is -0.572. The SMILES string of the molecule is CC[C@H](C(=O)NC1CCCC1)N(CCc1ccccc1)C(=O)CN1C(=O)c2cccc3cccc1c23. The van der Waals surface area contributed by atoms with Crippen LogP contribution in [0.4, 0.5) is 5.69 Å². The highest BCUT2D eigenvalue weighted by Crippen LogP contribution is 2.37. The van der Waals surface area contributed by atoms with Crippen LogP contribution in [0.3, 0.4) is 0 Å². The van der Waals surface area contributed by atoms with Gasteiger partial charge in [-0.25, -0.2) is 0 Å². The molecule has 1 heterocycles. The molecule has 0 aromatic heterocycles. The molecule has 6 nitrogen and oxygen atoms in total. The number of nitrogens with one attached hydrogen (secondary N) is 1. The minimum absolute atomic E-state index is 0.0887. The molecule has 1 aliphatic heterocycles. The first-order chi connectivity index (χ1) is 17.6. The Morgan fingerprint density at radius 3 is 2.44 bits per heavy atom. The average Bonchev–Trinajstić information content (AvgIpc) is 3.50. The highest BCUT2D eigenvalue weighted by Gasteiger charge is 2.35. The van der Waals surface area contributed by atoms with Gasteiger partial charge in [-0.05, 0) is 48.8 Å². The highest BCUT2D eigenvalue weighted by atomic mass is 16.2. The molecule has 1 saturated carbocycles. The van der Waals surface area contributed by atoms with Crippen LogP contribution in [0.25, 0.3) is 10.8 Å². The van der Waals surface area contributed by atoms with Gasteiger partial charge >= 0.3 is 0 Å². The van der Waals surface area contributed by atoms with Crippen molar-refractivity contribution in [3.63, 3.8) is 0 Å². The van der Waals surface area contributed by atoms with Crippen LogP contribution in [0.5, 0.6) is 0 Å². The topological polar surface area (TPSA) is 69.7 Å². The van der Waals surface area contributed by atoms with Crippen molar-refractivity contribution in [1.29, 1.82) is 0 Å². The summed E-state index contributed by atoms with van der Waals surface area (Å²) in [6, 6.07) is 21.0. The van der Waals surface area contributed by atoms with E-state index in [1.54, 1.807) is 9.80 Å². The lowest BCUT2D eigenvalue weighted by Crippen LogP contribution is -2.54. The van der Waals surface area contributed by atoms with Gasteiger partial charge in [0.25, 0.3) is 5.91 Å². The Balaban J connectivity index is 1.39. The summed E-state index contributed by atoms with van der Waals surface area (Å²) in [7, 11) is 0. The average molecular weight is 484 g/mol. The van der Waals surface area contributed by atoms with Crippen molar-refractivity contribution in [2.45, 2.75) is 57.5 Å². The number of benzene rings is 3. The summed E-state index contributed by atoms with van der Waals surface area (Å²) in [5.41, 5.74) is 2.49. The van der Waals surface area contributed by atoms with E-state index in [1.165, 1.54) is 0 Å². The molecular weight excluding hydrogens is 450 g/mol. The first kappa shape index (κ1) is 24.0. The molecular formula is C30H33N3O3. The normalized spacial score (nSPS) is 15.9. The van der Waals surface area contributed by atoms with Gasteiger partial charge in [-0.15, -0.1) is 0 Å². The van der Waals surface area contributed by atoms with Crippen LogP contribution in [-0.4, -0.2) is 47.8 Å². The quantitative estimate of drug-likeness (QED) is 0.479. The zero-order valence-corrected chi connectivity index (χ0v) is 20.8. The van der Waals surface area contributed by atoms with Crippen LogP contribution in [-0.2, 0) is 16.0 Å². The summed E-state index contributed by atoms with van der Waals surface area (Å²) in [6.45, 7) is 2.27. The molecule has 0 spiro atoms. The fourth-order valence-corrected chi connectivity index (χ4v) is 5.63. The smallest absolute Gasteiger partial charge is 0.259 e. The summed E-state index contributed by atoms with van der Waals surface area (Å²) in [6.07, 6.45) is 5.39. The van der Waals surface area contributed by atoms with Crippen molar-refractivity contribution >= 4 is 34.2 Å². The lowest BCUT2D eigenvalue weighted by molar-refractivity contribution is -0.139. The monoisotopic (exact) mass is 483 g/mol. The summed E-state index contributed by atoms with van der Waals surface area (Å²) >= 11 is 0. The van der Waals surface area contributed by atoms with Gasteiger partial charge in [0.15, 0.2) is 0 Å². The molecule has 36 heavy (non-hydrogen) atoms. The van der Waals surface area contributed by atoms with Gasteiger partial charge < -0.3 is 10.2 Å². The summed E-state index contributed by atoms with van der Waals surface area (Å²) in [5, 5.41) is 5.05. The zero-order chi connectivity index (χ0) is 25.1. The second-order valence-electron chi connectivity index (χ2n) is 9.81. The summed E-state index contributed by atoms with van der Waals surface area (Å²) in [5.74, 6) is -0.469. The predicted octanol–water partition coefficient (Wildman–Crippen LogP) is 4.71. The lowest BCUT2D eigenvalue weighted by atomic mass is 10.1. The van der Waals surface area contributed by atoms with Crippen molar-refractivity contribution in [3.05, 3.63) is 77.9 Å². The number of hydrogen-bond acceptors (Lipinski definition) is 3. The van der Waals surface area contributed by atoms with Gasteiger partial charge in [-0.2, -0.15) is 0 Å². The van der Waals surface area contributed by atoms with Crippen molar-refractivity contribution in [3.8, 4) is 0 Å². The molecule has 3 amide bonds. The Labute approximate surface area is 212 Å². The van der Waals surface area contributed by atoms with Crippen LogP contribution in [0.15, 0.2) is 66.7 Å².